The van der Waals surface area contributed by atoms with Crippen LogP contribution in [0.15, 0.2) is 24.5 Å². The molecule has 1 aromatic carbocycles. The van der Waals surface area contributed by atoms with Gasteiger partial charge in [-0.2, -0.15) is 0 Å². The van der Waals surface area contributed by atoms with Gasteiger partial charge in [0, 0.05) is 57.2 Å². The van der Waals surface area contributed by atoms with Crippen molar-refractivity contribution in [3.63, 3.8) is 0 Å². The van der Waals surface area contributed by atoms with Gasteiger partial charge in [-0.15, -0.1) is 0 Å². The molecule has 3 rings (SSSR count). The standard InChI is InChI=1S/C21H31N5O2/c1-16-10-19(27-4)20(28-5)11-18(16)15-25(3)14-17-12-22-21(23-13-17)26-8-6-24(2)7-9-26/h10-13H,6-9,14-15H2,1-5H3. The molecule has 1 aliphatic heterocycles. The zero-order chi connectivity index (χ0) is 20.1. The van der Waals surface area contributed by atoms with Crippen LogP contribution in [0, 0.1) is 6.92 Å². The fraction of sp³-hybridized carbons (Fsp3) is 0.524. The number of benzene rings is 1. The van der Waals surface area contributed by atoms with Crippen molar-refractivity contribution >= 4 is 5.95 Å². The van der Waals surface area contributed by atoms with E-state index in [1.807, 2.05) is 18.5 Å². The highest BCUT2D eigenvalue weighted by molar-refractivity contribution is 5.47. The van der Waals surface area contributed by atoms with Gasteiger partial charge in [0.2, 0.25) is 5.95 Å². The number of hydrogen-bond donors (Lipinski definition) is 0. The number of rotatable bonds is 7. The quantitative estimate of drug-likeness (QED) is 0.724. The van der Waals surface area contributed by atoms with Crippen LogP contribution in [-0.2, 0) is 13.1 Å². The summed E-state index contributed by atoms with van der Waals surface area (Å²) in [7, 11) is 7.58. The van der Waals surface area contributed by atoms with Gasteiger partial charge >= 0.3 is 0 Å². The second-order valence-corrected chi connectivity index (χ2v) is 7.49. The highest BCUT2D eigenvalue weighted by atomic mass is 16.5. The molecular formula is C21H31N5O2. The number of hydrogen-bond acceptors (Lipinski definition) is 7. The summed E-state index contributed by atoms with van der Waals surface area (Å²) in [6.07, 6.45) is 3.89. The molecule has 28 heavy (non-hydrogen) atoms. The van der Waals surface area contributed by atoms with Crippen molar-refractivity contribution in [2.45, 2.75) is 20.0 Å². The molecule has 7 heteroatoms. The molecule has 0 unspecified atom stereocenters. The summed E-state index contributed by atoms with van der Waals surface area (Å²) in [5.41, 5.74) is 3.51. The predicted molar refractivity (Wildman–Crippen MR) is 111 cm³/mol. The van der Waals surface area contributed by atoms with E-state index in [2.05, 4.69) is 51.8 Å². The normalized spacial score (nSPS) is 15.1. The molecule has 0 N–H and O–H groups in total. The van der Waals surface area contributed by atoms with Gasteiger partial charge in [-0.25, -0.2) is 9.97 Å². The maximum Gasteiger partial charge on any atom is 0.225 e. The predicted octanol–water partition coefficient (Wildman–Crippen LogP) is 2.19. The maximum atomic E-state index is 5.44. The van der Waals surface area contributed by atoms with E-state index in [1.54, 1.807) is 14.2 Å². The Bertz CT molecular complexity index is 773. The Hall–Kier alpha value is -2.38. The monoisotopic (exact) mass is 385 g/mol. The van der Waals surface area contributed by atoms with Crippen LogP contribution in [0.4, 0.5) is 5.95 Å². The lowest BCUT2D eigenvalue weighted by Gasteiger charge is -2.32. The molecule has 0 bridgehead atoms. The Labute approximate surface area is 167 Å². The van der Waals surface area contributed by atoms with E-state index >= 15 is 0 Å². The van der Waals surface area contributed by atoms with Gasteiger partial charge in [0.05, 0.1) is 14.2 Å². The summed E-state index contributed by atoms with van der Waals surface area (Å²) in [5, 5.41) is 0. The van der Waals surface area contributed by atoms with Crippen LogP contribution in [0.5, 0.6) is 11.5 Å². The number of aryl methyl sites for hydroxylation is 1. The molecule has 1 aromatic heterocycles. The van der Waals surface area contributed by atoms with Crippen molar-refractivity contribution in [3.8, 4) is 11.5 Å². The van der Waals surface area contributed by atoms with E-state index in [0.29, 0.717) is 0 Å². The third kappa shape index (κ3) is 4.91. The number of anilines is 1. The Morgan fingerprint density at radius 1 is 0.964 bits per heavy atom. The molecule has 7 nitrogen and oxygen atoms in total. The molecule has 0 atom stereocenters. The van der Waals surface area contributed by atoms with Gasteiger partial charge in [0.1, 0.15) is 0 Å². The minimum absolute atomic E-state index is 0.761. The number of likely N-dealkylation sites (N-methyl/N-ethyl adjacent to an activating group) is 1. The minimum Gasteiger partial charge on any atom is -0.493 e. The number of methoxy groups -OCH3 is 2. The number of aromatic nitrogens is 2. The average molecular weight is 386 g/mol. The molecule has 2 heterocycles. The van der Waals surface area contributed by atoms with E-state index in [1.165, 1.54) is 11.1 Å². The van der Waals surface area contributed by atoms with Crippen LogP contribution in [0.2, 0.25) is 0 Å². The lowest BCUT2D eigenvalue weighted by Crippen LogP contribution is -2.45. The van der Waals surface area contributed by atoms with E-state index in [9.17, 15) is 0 Å². The summed E-state index contributed by atoms with van der Waals surface area (Å²) >= 11 is 0. The fourth-order valence-electron chi connectivity index (χ4n) is 3.45. The Morgan fingerprint density at radius 3 is 2.18 bits per heavy atom. The molecule has 0 spiro atoms. The Balaban J connectivity index is 1.61. The molecule has 0 amide bonds. The second kappa shape index (κ2) is 9.21. The van der Waals surface area contributed by atoms with E-state index < -0.39 is 0 Å². The SMILES string of the molecule is COc1cc(C)c(CN(C)Cc2cnc(N3CCN(C)CC3)nc2)cc1OC. The first-order valence-electron chi connectivity index (χ1n) is 9.64. The third-order valence-electron chi connectivity index (χ3n) is 5.21. The van der Waals surface area contributed by atoms with Gasteiger partial charge in [0.15, 0.2) is 11.5 Å². The van der Waals surface area contributed by atoms with E-state index in [0.717, 1.165) is 62.3 Å². The van der Waals surface area contributed by atoms with Crippen molar-refractivity contribution in [1.82, 2.24) is 19.8 Å². The van der Waals surface area contributed by atoms with Crippen LogP contribution >= 0.6 is 0 Å². The summed E-state index contributed by atoms with van der Waals surface area (Å²) in [5.74, 6) is 2.35. The molecule has 0 radical (unpaired) electrons. The first-order valence-corrected chi connectivity index (χ1v) is 9.64. The molecule has 2 aromatic rings. The molecule has 152 valence electrons. The molecule has 0 saturated carbocycles. The van der Waals surface area contributed by atoms with Crippen molar-refractivity contribution in [2.75, 3.05) is 59.4 Å². The highest BCUT2D eigenvalue weighted by Crippen LogP contribution is 2.30. The van der Waals surface area contributed by atoms with E-state index in [4.69, 9.17) is 9.47 Å². The number of nitrogens with zero attached hydrogens (tertiary/aromatic N) is 5. The molecule has 1 aliphatic rings. The summed E-state index contributed by atoms with van der Waals surface area (Å²) in [6.45, 7) is 7.77. The maximum absolute atomic E-state index is 5.44. The number of piperazine rings is 1. The molecular weight excluding hydrogens is 354 g/mol. The number of ether oxygens (including phenoxy) is 2. The van der Waals surface area contributed by atoms with Crippen LogP contribution in [0.3, 0.4) is 0 Å². The molecule has 1 fully saturated rings. The van der Waals surface area contributed by atoms with Crippen LogP contribution in [-0.4, -0.2) is 74.3 Å². The van der Waals surface area contributed by atoms with Crippen molar-refractivity contribution < 1.29 is 9.47 Å². The second-order valence-electron chi connectivity index (χ2n) is 7.49. The van der Waals surface area contributed by atoms with Crippen molar-refractivity contribution in [2.24, 2.45) is 0 Å². The third-order valence-corrected chi connectivity index (χ3v) is 5.21. The lowest BCUT2D eigenvalue weighted by atomic mass is 10.1. The first kappa shape index (κ1) is 20.4. The van der Waals surface area contributed by atoms with E-state index in [-0.39, 0.29) is 0 Å². The molecule has 1 saturated heterocycles. The smallest absolute Gasteiger partial charge is 0.225 e. The zero-order valence-corrected chi connectivity index (χ0v) is 17.6. The topological polar surface area (TPSA) is 54.0 Å². The highest BCUT2D eigenvalue weighted by Gasteiger charge is 2.16. The van der Waals surface area contributed by atoms with Crippen LogP contribution in [0.1, 0.15) is 16.7 Å². The Morgan fingerprint density at radius 2 is 1.57 bits per heavy atom. The average Bonchev–Trinajstić information content (AvgIpc) is 2.70. The summed E-state index contributed by atoms with van der Waals surface area (Å²) < 4.78 is 10.8. The van der Waals surface area contributed by atoms with Gasteiger partial charge in [-0.3, -0.25) is 4.90 Å². The largest absolute Gasteiger partial charge is 0.493 e. The van der Waals surface area contributed by atoms with Gasteiger partial charge in [-0.1, -0.05) is 0 Å². The molecule has 0 aliphatic carbocycles. The minimum atomic E-state index is 0.761. The van der Waals surface area contributed by atoms with Crippen molar-refractivity contribution in [1.29, 1.82) is 0 Å². The van der Waals surface area contributed by atoms with Crippen LogP contribution < -0.4 is 14.4 Å². The first-order chi connectivity index (χ1) is 13.5. The summed E-state index contributed by atoms with van der Waals surface area (Å²) in [4.78, 5) is 16.0. The van der Waals surface area contributed by atoms with Crippen LogP contribution in [0.25, 0.3) is 0 Å². The zero-order valence-electron chi connectivity index (χ0n) is 17.6. The van der Waals surface area contributed by atoms with Gasteiger partial charge < -0.3 is 19.3 Å². The lowest BCUT2D eigenvalue weighted by molar-refractivity contribution is 0.310. The van der Waals surface area contributed by atoms with Gasteiger partial charge in [-0.05, 0) is 44.3 Å². The van der Waals surface area contributed by atoms with Gasteiger partial charge in [0.25, 0.3) is 0 Å². The van der Waals surface area contributed by atoms with Crippen molar-refractivity contribution in [3.05, 3.63) is 41.2 Å². The fourth-order valence-corrected chi connectivity index (χ4v) is 3.45. The Kier molecular flexibility index (Phi) is 6.70. The summed E-state index contributed by atoms with van der Waals surface area (Å²) in [6, 6.07) is 4.08.